The summed E-state index contributed by atoms with van der Waals surface area (Å²) in [6.07, 6.45) is 1.80. The number of carbonyl (C=O) groups excluding carboxylic acids is 1. The zero-order valence-electron chi connectivity index (χ0n) is 13.7. The lowest BCUT2D eigenvalue weighted by Crippen LogP contribution is -2.40. The van der Waals surface area contributed by atoms with Gasteiger partial charge in [0, 0.05) is 12.1 Å². The molecule has 126 valence electrons. The summed E-state index contributed by atoms with van der Waals surface area (Å²) in [6.45, 7) is 3.39. The third-order valence-corrected chi connectivity index (χ3v) is 3.60. The van der Waals surface area contributed by atoms with Crippen LogP contribution in [0.1, 0.15) is 29.3 Å². The Labute approximate surface area is 148 Å². The molecule has 0 heterocycles. The van der Waals surface area contributed by atoms with Crippen molar-refractivity contribution in [3.63, 3.8) is 0 Å². The minimum absolute atomic E-state index is 0.228. The molecule has 2 rings (SSSR count). The van der Waals surface area contributed by atoms with Gasteiger partial charge in [-0.15, -0.1) is 0 Å². The van der Waals surface area contributed by atoms with Crippen LogP contribution in [0, 0.1) is 0 Å². The van der Waals surface area contributed by atoms with E-state index in [1.807, 2.05) is 25.1 Å². The van der Waals surface area contributed by atoms with Gasteiger partial charge in [-0.3, -0.25) is 10.1 Å². The molecule has 2 aromatic carbocycles. The summed E-state index contributed by atoms with van der Waals surface area (Å²) in [5.74, 6) is 0.534. The van der Waals surface area contributed by atoms with Crippen molar-refractivity contribution in [3.8, 4) is 5.75 Å². The van der Waals surface area contributed by atoms with Crippen LogP contribution in [0.5, 0.6) is 5.75 Å². The fourth-order valence-electron chi connectivity index (χ4n) is 2.11. The second-order valence-electron chi connectivity index (χ2n) is 5.32. The summed E-state index contributed by atoms with van der Waals surface area (Å²) in [7, 11) is 0. The molecule has 5 heteroatoms. The first-order chi connectivity index (χ1) is 11.7. The highest BCUT2D eigenvalue weighted by Crippen LogP contribution is 2.12. The van der Waals surface area contributed by atoms with Crippen LogP contribution >= 0.6 is 12.2 Å². The molecule has 0 aliphatic rings. The lowest BCUT2D eigenvalue weighted by atomic mass is 10.1. The zero-order valence-corrected chi connectivity index (χ0v) is 14.6. The van der Waals surface area contributed by atoms with E-state index >= 15 is 0 Å². The molecule has 2 aromatic rings. The first-order valence-corrected chi connectivity index (χ1v) is 8.46. The van der Waals surface area contributed by atoms with Crippen LogP contribution < -0.4 is 15.4 Å². The van der Waals surface area contributed by atoms with E-state index in [0.29, 0.717) is 23.8 Å². The summed E-state index contributed by atoms with van der Waals surface area (Å²) in [5, 5.41) is 6.07. The van der Waals surface area contributed by atoms with Gasteiger partial charge < -0.3 is 10.1 Å². The molecule has 0 aliphatic carbocycles. The predicted molar refractivity (Wildman–Crippen MR) is 100 cm³/mol. The Hall–Kier alpha value is -2.40. The Kier molecular flexibility index (Phi) is 7.23. The lowest BCUT2D eigenvalue weighted by Gasteiger charge is -2.10. The van der Waals surface area contributed by atoms with E-state index in [0.717, 1.165) is 18.6 Å². The fraction of sp³-hybridized carbons (Fsp3) is 0.263. The highest BCUT2D eigenvalue weighted by molar-refractivity contribution is 7.80. The van der Waals surface area contributed by atoms with Gasteiger partial charge in [-0.05, 0) is 54.9 Å². The highest BCUT2D eigenvalue weighted by atomic mass is 32.1. The molecular weight excluding hydrogens is 320 g/mol. The van der Waals surface area contributed by atoms with Crippen LogP contribution in [0.3, 0.4) is 0 Å². The van der Waals surface area contributed by atoms with Crippen LogP contribution in [0.4, 0.5) is 0 Å². The third-order valence-electron chi connectivity index (χ3n) is 3.36. The van der Waals surface area contributed by atoms with Gasteiger partial charge >= 0.3 is 0 Å². The van der Waals surface area contributed by atoms with Crippen LogP contribution in [-0.4, -0.2) is 24.2 Å². The van der Waals surface area contributed by atoms with E-state index in [2.05, 4.69) is 22.8 Å². The monoisotopic (exact) mass is 342 g/mol. The lowest BCUT2D eigenvalue weighted by molar-refractivity contribution is 0.0976. The van der Waals surface area contributed by atoms with Crippen LogP contribution in [0.15, 0.2) is 54.6 Å². The normalized spacial score (nSPS) is 10.0. The molecule has 0 aromatic heterocycles. The average molecular weight is 342 g/mol. The minimum atomic E-state index is -0.228. The van der Waals surface area contributed by atoms with Crippen molar-refractivity contribution in [1.29, 1.82) is 0 Å². The molecule has 0 radical (unpaired) electrons. The van der Waals surface area contributed by atoms with Gasteiger partial charge in [-0.25, -0.2) is 0 Å². The van der Waals surface area contributed by atoms with Crippen LogP contribution in [0.2, 0.25) is 0 Å². The van der Waals surface area contributed by atoms with Gasteiger partial charge in [0.2, 0.25) is 0 Å². The number of carbonyl (C=O) groups is 1. The smallest absolute Gasteiger partial charge is 0.257 e. The fourth-order valence-corrected chi connectivity index (χ4v) is 2.30. The largest absolute Gasteiger partial charge is 0.494 e. The summed E-state index contributed by atoms with van der Waals surface area (Å²) in [5.41, 5.74) is 1.77. The Bertz CT molecular complexity index is 657. The molecular formula is C19H22N2O2S. The van der Waals surface area contributed by atoms with Gasteiger partial charge in [0.1, 0.15) is 5.75 Å². The third kappa shape index (κ3) is 6.01. The second kappa shape index (κ2) is 9.67. The van der Waals surface area contributed by atoms with Crippen molar-refractivity contribution in [2.75, 3.05) is 13.2 Å². The van der Waals surface area contributed by atoms with E-state index in [1.165, 1.54) is 5.56 Å². The molecule has 24 heavy (non-hydrogen) atoms. The topological polar surface area (TPSA) is 50.4 Å². The van der Waals surface area contributed by atoms with Crippen LogP contribution in [0.25, 0.3) is 0 Å². The van der Waals surface area contributed by atoms with Gasteiger partial charge in [-0.2, -0.15) is 0 Å². The van der Waals surface area contributed by atoms with E-state index in [-0.39, 0.29) is 5.91 Å². The van der Waals surface area contributed by atoms with E-state index in [4.69, 9.17) is 17.0 Å². The van der Waals surface area contributed by atoms with Gasteiger partial charge in [0.05, 0.1) is 6.61 Å². The number of benzene rings is 2. The van der Waals surface area contributed by atoms with E-state index in [1.54, 1.807) is 24.3 Å². The van der Waals surface area contributed by atoms with Crippen molar-refractivity contribution >= 4 is 23.2 Å². The number of nitrogens with one attached hydrogen (secondary N) is 2. The molecule has 0 spiro atoms. The minimum Gasteiger partial charge on any atom is -0.494 e. The summed E-state index contributed by atoms with van der Waals surface area (Å²) in [4.78, 5) is 12.1. The van der Waals surface area contributed by atoms with Crippen molar-refractivity contribution in [2.24, 2.45) is 0 Å². The maximum Gasteiger partial charge on any atom is 0.257 e. The summed E-state index contributed by atoms with van der Waals surface area (Å²) in [6, 6.07) is 17.1. The number of hydrogen-bond donors (Lipinski definition) is 2. The molecule has 0 saturated carbocycles. The zero-order chi connectivity index (χ0) is 17.2. The number of ether oxygens (including phenoxy) is 1. The molecule has 1 amide bonds. The number of hydrogen-bond acceptors (Lipinski definition) is 3. The quantitative estimate of drug-likeness (QED) is 0.758. The Morgan fingerprint density at radius 3 is 2.46 bits per heavy atom. The number of rotatable bonds is 7. The maximum absolute atomic E-state index is 12.1. The predicted octanol–water partition coefficient (Wildman–Crippen LogP) is 3.32. The Balaban J connectivity index is 1.75. The van der Waals surface area contributed by atoms with Crippen molar-refractivity contribution < 1.29 is 9.53 Å². The van der Waals surface area contributed by atoms with E-state index < -0.39 is 0 Å². The molecule has 0 fully saturated rings. The first-order valence-electron chi connectivity index (χ1n) is 8.05. The standard InChI is InChI=1S/C19H22N2O2S/c1-2-14-23-17-10-8-16(9-11-17)18(22)21-19(24)20-13-12-15-6-4-3-5-7-15/h3-11H,2,12-14H2,1H3,(H2,20,21,22,24). The maximum atomic E-state index is 12.1. The number of thiocarbonyl (C=S) groups is 1. The van der Waals surface area contributed by atoms with Crippen molar-refractivity contribution in [1.82, 2.24) is 10.6 Å². The van der Waals surface area contributed by atoms with Crippen molar-refractivity contribution in [2.45, 2.75) is 19.8 Å². The van der Waals surface area contributed by atoms with Gasteiger partial charge in [-0.1, -0.05) is 37.3 Å². The summed E-state index contributed by atoms with van der Waals surface area (Å²) >= 11 is 5.16. The van der Waals surface area contributed by atoms with Crippen molar-refractivity contribution in [3.05, 3.63) is 65.7 Å². The molecule has 0 aliphatic heterocycles. The Morgan fingerprint density at radius 1 is 1.08 bits per heavy atom. The number of amides is 1. The molecule has 2 N–H and O–H groups in total. The first kappa shape index (κ1) is 17.9. The van der Waals surface area contributed by atoms with Gasteiger partial charge in [0.25, 0.3) is 5.91 Å². The van der Waals surface area contributed by atoms with Crippen LogP contribution in [-0.2, 0) is 6.42 Å². The molecule has 0 bridgehead atoms. The summed E-state index contributed by atoms with van der Waals surface area (Å²) < 4.78 is 5.50. The SMILES string of the molecule is CCCOc1ccc(C(=O)NC(=S)NCCc2ccccc2)cc1. The highest BCUT2D eigenvalue weighted by Gasteiger charge is 2.07. The second-order valence-corrected chi connectivity index (χ2v) is 5.73. The van der Waals surface area contributed by atoms with Gasteiger partial charge in [0.15, 0.2) is 5.11 Å². The average Bonchev–Trinajstić information content (AvgIpc) is 2.61. The van der Waals surface area contributed by atoms with E-state index in [9.17, 15) is 4.79 Å². The Morgan fingerprint density at radius 2 is 1.79 bits per heavy atom. The molecule has 0 saturated heterocycles. The molecule has 0 atom stereocenters. The molecule has 0 unspecified atom stereocenters. The molecule has 4 nitrogen and oxygen atoms in total.